The smallest absolute Gasteiger partial charge is 0.00405 e. The molecule has 8 aromatic rings. The largest absolute Gasteiger partial charge is 0.358 e. The zero-order chi connectivity index (χ0) is 51.0. The average molecular weight is 1440 g/mol. The van der Waals surface area contributed by atoms with E-state index in [0.717, 1.165) is 0 Å². The normalized spacial score (nSPS) is 10.2. The molecule has 8 aromatic carbocycles. The van der Waals surface area contributed by atoms with Gasteiger partial charge in [0.1, 0.15) is 0 Å². The summed E-state index contributed by atoms with van der Waals surface area (Å²) < 4.78 is 94.1. The van der Waals surface area contributed by atoms with E-state index in [1.54, 1.807) is 0 Å². The van der Waals surface area contributed by atoms with Gasteiger partial charge in [-0.05, 0) is 80.8 Å². The number of alkyl halides is 3. The Morgan fingerprint density at radius 2 is 0.521 bits per heavy atom. The van der Waals surface area contributed by atoms with E-state index in [2.05, 4.69) is 256 Å². The number of rotatable bonds is 13. The van der Waals surface area contributed by atoms with Crippen LogP contribution in [-0.2, 0) is 59.6 Å². The van der Waals surface area contributed by atoms with Crippen molar-refractivity contribution < 1.29 is 84.4 Å². The van der Waals surface area contributed by atoms with Crippen LogP contribution in [0.5, 0.6) is 0 Å². The molecule has 5 nitrogen and oxygen atoms in total. The van der Waals surface area contributed by atoms with Crippen molar-refractivity contribution in [2.24, 2.45) is 0 Å². The SMILES string of the molecule is F[C-][CH]F.O=S(=O)([O-])C(F)(F)F.[C-]#[O+].[C-]#[O+].[CH3-].[Ir].[Ir].c1ccc(P(CP(c2ccccc2)c2ccccc2)c2ccccc2)cc1.c1ccc(P(CP(c2ccccc2)c2ccccc2)c2ccccc2)cc1. The number of hydrogen-bond acceptors (Lipinski definition) is 3. The van der Waals surface area contributed by atoms with Gasteiger partial charge in [0.25, 0.3) is 0 Å². The second-order valence-corrected chi connectivity index (χ2v) is 25.0. The fourth-order valence-electron chi connectivity index (χ4n) is 6.40. The van der Waals surface area contributed by atoms with Crippen LogP contribution < -0.4 is 42.4 Å². The van der Waals surface area contributed by atoms with Crippen LogP contribution in [0.3, 0.4) is 0 Å². The molecule has 0 aliphatic rings. The molecule has 0 atom stereocenters. The number of benzene rings is 8. The van der Waals surface area contributed by atoms with Gasteiger partial charge in [0.2, 0.25) is 0 Å². The Bertz CT molecular complexity index is 2260. The van der Waals surface area contributed by atoms with Crippen LogP contribution in [-0.4, -0.2) is 30.3 Å². The van der Waals surface area contributed by atoms with Gasteiger partial charge in [-0.3, -0.25) is 4.39 Å². The van der Waals surface area contributed by atoms with Gasteiger partial charge in [-0.15, -0.1) is 0 Å². The molecule has 0 heterocycles. The van der Waals surface area contributed by atoms with Gasteiger partial charge in [-0.2, -0.15) is 13.2 Å². The van der Waals surface area contributed by atoms with Gasteiger partial charge in [-0.1, -0.05) is 243 Å². The topological polar surface area (TPSA) is 97.0 Å². The van der Waals surface area contributed by atoms with E-state index in [9.17, 15) is 22.0 Å². The Balaban J connectivity index is 0.00000107. The molecular weight excluding hydrogens is 1390 g/mol. The first kappa shape index (κ1) is 68.8. The van der Waals surface area contributed by atoms with Crippen molar-refractivity contribution in [1.82, 2.24) is 0 Å². The molecule has 0 N–H and O–H groups in total. The maximum absolute atomic E-state index is 10.7. The second kappa shape index (κ2) is 39.3. The Labute approximate surface area is 459 Å². The fraction of sp³-hybridized carbons (Fsp3) is 0.0536. The molecule has 4 radical (unpaired) electrons. The Kier molecular flexibility index (Phi) is 37.0. The molecule has 0 bridgehead atoms. The Morgan fingerprint density at radius 3 is 0.603 bits per heavy atom. The summed E-state index contributed by atoms with van der Waals surface area (Å²) in [7, 11) is -7.72. The molecule has 0 fully saturated rings. The summed E-state index contributed by atoms with van der Waals surface area (Å²) in [4.78, 5) is 0. The van der Waals surface area contributed by atoms with Crippen LogP contribution in [0.2, 0.25) is 0 Å². The van der Waals surface area contributed by atoms with Crippen molar-refractivity contribution in [2.45, 2.75) is 5.51 Å². The van der Waals surface area contributed by atoms with E-state index in [1.165, 1.54) is 54.2 Å². The van der Waals surface area contributed by atoms with E-state index in [0.29, 0.717) is 6.67 Å². The van der Waals surface area contributed by atoms with Gasteiger partial charge < -0.3 is 16.4 Å². The third-order valence-electron chi connectivity index (χ3n) is 9.43. The first-order valence-corrected chi connectivity index (χ1v) is 28.2. The monoisotopic (exact) mass is 1440 g/mol. The fourth-order valence-corrected chi connectivity index (χ4v) is 19.3. The van der Waals surface area contributed by atoms with Gasteiger partial charge in [-0.25, -0.2) is 15.1 Å². The van der Waals surface area contributed by atoms with Crippen molar-refractivity contribution in [1.29, 1.82) is 0 Å². The Morgan fingerprint density at radius 1 is 0.411 bits per heavy atom. The van der Waals surface area contributed by atoms with E-state index in [-0.39, 0.29) is 54.3 Å². The third-order valence-corrected chi connectivity index (χ3v) is 21.9. The number of hydrogen-bond donors (Lipinski definition) is 0. The predicted molar refractivity (Wildman–Crippen MR) is 286 cm³/mol. The van der Waals surface area contributed by atoms with Crippen LogP contribution in [0.4, 0.5) is 22.0 Å². The summed E-state index contributed by atoms with van der Waals surface area (Å²) in [6.07, 6.45) is 0. The van der Waals surface area contributed by atoms with Crippen LogP contribution in [0, 0.1) is 34.1 Å². The molecule has 0 aromatic heterocycles. The van der Waals surface area contributed by atoms with E-state index >= 15 is 0 Å². The minimum absolute atomic E-state index is 0. The van der Waals surface area contributed by atoms with Crippen molar-refractivity contribution in [3.8, 4) is 0 Å². The standard InChI is InChI=1S/2C25H22P2.C2HF2.CHF3O3S.2CO.CH3.2Ir/c2*1-5-13-22(14-6-1)26(23-15-7-2-8-16-23)21-27(24-17-9-3-10-18-24)25-19-11-4-12-20-25;3-1-2-4;2-1(3,4)8(5,6)7;2*1-2;;;/h2*1-20H,21H2;1H;(H,5,6,7);;;1H3;;/q;;-1;;;;-1;;/p-1. The molecule has 0 saturated heterocycles. The van der Waals surface area contributed by atoms with Crippen molar-refractivity contribution in [3.05, 3.63) is 277 Å². The van der Waals surface area contributed by atoms with Crippen molar-refractivity contribution in [3.63, 3.8) is 0 Å². The van der Waals surface area contributed by atoms with E-state index < -0.39 is 47.3 Å². The second-order valence-electron chi connectivity index (χ2n) is 13.8. The maximum atomic E-state index is 10.7. The van der Waals surface area contributed by atoms with Crippen LogP contribution >= 0.6 is 31.7 Å². The molecule has 0 saturated carbocycles. The third kappa shape index (κ3) is 24.4. The minimum atomic E-state index is -6.09. The van der Waals surface area contributed by atoms with Gasteiger partial charge in [0.05, 0.1) is 0 Å². The van der Waals surface area contributed by atoms with Gasteiger partial charge in [0, 0.05) is 52.0 Å². The minimum Gasteiger partial charge on any atom is -0.358 e. The molecule has 0 aliphatic carbocycles. The summed E-state index contributed by atoms with van der Waals surface area (Å²) >= 11 is 0. The summed E-state index contributed by atoms with van der Waals surface area (Å²) in [5.41, 5.74) is -5.65. The van der Waals surface area contributed by atoms with Crippen molar-refractivity contribution >= 4 is 84.2 Å². The molecule has 8 rings (SSSR count). The Hall–Kier alpha value is -4.18. The molecule has 0 aliphatic heterocycles. The predicted octanol–water partition coefficient (Wildman–Crippen LogP) is 12.0. The summed E-state index contributed by atoms with van der Waals surface area (Å²) in [5.74, 6) is 2.35. The van der Waals surface area contributed by atoms with Crippen molar-refractivity contribution in [2.75, 3.05) is 11.8 Å². The molecule has 0 amide bonds. The maximum Gasteiger partial charge on any atom is 0.00405 e. The quantitative estimate of drug-likeness (QED) is 0.0287. The van der Waals surface area contributed by atoms with Crippen LogP contribution in [0.25, 0.3) is 0 Å². The molecule has 73 heavy (non-hydrogen) atoms. The molecule has 0 unspecified atom stereocenters. The van der Waals surface area contributed by atoms with Crippen LogP contribution in [0.1, 0.15) is 0 Å². The summed E-state index contributed by atoms with van der Waals surface area (Å²) in [6.45, 7) is 9.35. The summed E-state index contributed by atoms with van der Waals surface area (Å²) in [5, 5.41) is 11.7. The molecular formula is C56H48F5Ir2O5P4S-3. The number of halogens is 5. The zero-order valence-electron chi connectivity index (χ0n) is 38.9. The first-order valence-electron chi connectivity index (χ1n) is 20.7. The zero-order valence-corrected chi connectivity index (χ0v) is 48.1. The van der Waals surface area contributed by atoms with Crippen LogP contribution in [0.15, 0.2) is 243 Å². The first-order chi connectivity index (χ1) is 34.0. The van der Waals surface area contributed by atoms with Gasteiger partial charge in [0.15, 0.2) is 10.1 Å². The molecule has 384 valence electrons. The summed E-state index contributed by atoms with van der Waals surface area (Å²) in [6, 6.07) is 88.3. The molecule has 17 heteroatoms. The molecule has 0 spiro atoms. The van der Waals surface area contributed by atoms with Gasteiger partial charge >= 0.3 is 28.1 Å². The van der Waals surface area contributed by atoms with E-state index in [1.807, 2.05) is 0 Å². The van der Waals surface area contributed by atoms with E-state index in [4.69, 9.17) is 22.3 Å². The average Bonchev–Trinajstić information content (AvgIpc) is 3.42.